The molecular weight excluding hydrogens is 322 g/mol. The number of nitrogens with one attached hydrogen (secondary N) is 1. The van der Waals surface area contributed by atoms with Crippen LogP contribution in [0.25, 0.3) is 5.69 Å². The van der Waals surface area contributed by atoms with Gasteiger partial charge >= 0.3 is 0 Å². The molecule has 0 aliphatic rings. The normalized spacial score (nSPS) is 9.88. The van der Waals surface area contributed by atoms with Gasteiger partial charge < -0.3 is 5.32 Å². The summed E-state index contributed by atoms with van der Waals surface area (Å²) < 4.78 is 1.61. The maximum absolute atomic E-state index is 12.1. The fourth-order valence-corrected chi connectivity index (χ4v) is 2.27. The van der Waals surface area contributed by atoms with Gasteiger partial charge in [0.25, 0.3) is 5.91 Å². The van der Waals surface area contributed by atoms with E-state index in [1.165, 1.54) is 0 Å². The largest absolute Gasteiger partial charge is 0.340 e. The molecule has 0 saturated carbocycles. The third-order valence-electron chi connectivity index (χ3n) is 3.24. The van der Waals surface area contributed by atoms with Gasteiger partial charge in [-0.2, -0.15) is 5.10 Å². The van der Waals surface area contributed by atoms with Gasteiger partial charge in [0.1, 0.15) is 0 Å². The maximum atomic E-state index is 12.1. The molecule has 0 aliphatic heterocycles. The average molecular weight is 336 g/mol. The summed E-state index contributed by atoms with van der Waals surface area (Å²) in [5.41, 5.74) is 2.04. The van der Waals surface area contributed by atoms with Crippen molar-refractivity contribution in [2.75, 3.05) is 6.54 Å². The first kappa shape index (κ1) is 15.9. The Morgan fingerprint density at radius 2 is 1.96 bits per heavy atom. The number of rotatable bonds is 3. The van der Waals surface area contributed by atoms with E-state index in [-0.39, 0.29) is 12.5 Å². The molecule has 3 aromatic rings. The fraction of sp³-hybridized carbons (Fsp3) is 0.0526. The number of halogens is 1. The van der Waals surface area contributed by atoms with Crippen LogP contribution in [0.5, 0.6) is 0 Å². The second-order valence-electron chi connectivity index (χ2n) is 4.98. The van der Waals surface area contributed by atoms with Gasteiger partial charge in [-0.05, 0) is 36.4 Å². The van der Waals surface area contributed by atoms with Gasteiger partial charge in [-0.25, -0.2) is 4.68 Å². The van der Waals surface area contributed by atoms with E-state index in [0.717, 1.165) is 11.3 Å². The first-order valence-electron chi connectivity index (χ1n) is 7.36. The highest BCUT2D eigenvalue weighted by Gasteiger charge is 2.09. The number of hydrogen-bond acceptors (Lipinski definition) is 2. The zero-order valence-electron chi connectivity index (χ0n) is 12.7. The molecule has 2 aromatic carbocycles. The van der Waals surface area contributed by atoms with E-state index in [9.17, 15) is 4.79 Å². The molecule has 3 rings (SSSR count). The molecule has 0 fully saturated rings. The van der Waals surface area contributed by atoms with Crippen molar-refractivity contribution in [2.45, 2.75) is 0 Å². The summed E-state index contributed by atoms with van der Waals surface area (Å²) in [4.78, 5) is 12.1. The lowest BCUT2D eigenvalue weighted by Gasteiger charge is -2.01. The average Bonchev–Trinajstić information content (AvgIpc) is 3.10. The van der Waals surface area contributed by atoms with E-state index in [1.54, 1.807) is 29.1 Å². The van der Waals surface area contributed by atoms with Crippen molar-refractivity contribution in [1.82, 2.24) is 15.1 Å². The third-order valence-corrected chi connectivity index (χ3v) is 3.47. The maximum Gasteiger partial charge on any atom is 0.272 e. The number of hydrogen-bond donors (Lipinski definition) is 1. The van der Waals surface area contributed by atoms with Crippen molar-refractivity contribution < 1.29 is 4.79 Å². The minimum Gasteiger partial charge on any atom is -0.340 e. The van der Waals surface area contributed by atoms with Crippen LogP contribution in [0, 0.1) is 11.8 Å². The number of nitrogens with zero attached hydrogens (tertiary/aromatic N) is 2. The Morgan fingerprint density at radius 3 is 2.75 bits per heavy atom. The van der Waals surface area contributed by atoms with Crippen LogP contribution in [-0.2, 0) is 0 Å². The Hall–Kier alpha value is -3.03. The molecule has 1 heterocycles. The Balaban J connectivity index is 1.61. The Labute approximate surface area is 145 Å². The highest BCUT2D eigenvalue weighted by Crippen LogP contribution is 2.14. The molecule has 4 nitrogen and oxygen atoms in total. The summed E-state index contributed by atoms with van der Waals surface area (Å²) in [6, 6.07) is 18.5. The Kier molecular flexibility index (Phi) is 4.95. The standard InChI is InChI=1S/C19H14ClN3O/c20-16-9-4-10-17(14-16)23-13-11-18(22-23)19(24)21-12-5-8-15-6-2-1-3-7-15/h1-4,6-7,9-11,13-14H,12H2,(H,21,24). The predicted octanol–water partition coefficient (Wildman–Crippen LogP) is 3.31. The molecule has 0 aliphatic carbocycles. The van der Waals surface area contributed by atoms with Gasteiger partial charge in [0.15, 0.2) is 5.69 Å². The summed E-state index contributed by atoms with van der Waals surface area (Å²) in [6.45, 7) is 0.262. The molecule has 0 atom stereocenters. The lowest BCUT2D eigenvalue weighted by atomic mass is 10.2. The first-order chi connectivity index (χ1) is 11.7. The van der Waals surface area contributed by atoms with Gasteiger partial charge in [-0.1, -0.05) is 47.7 Å². The minimum atomic E-state index is -0.266. The Morgan fingerprint density at radius 1 is 1.12 bits per heavy atom. The second-order valence-corrected chi connectivity index (χ2v) is 5.41. The van der Waals surface area contributed by atoms with Crippen molar-refractivity contribution in [1.29, 1.82) is 0 Å². The van der Waals surface area contributed by atoms with Crippen molar-refractivity contribution in [2.24, 2.45) is 0 Å². The van der Waals surface area contributed by atoms with Gasteiger partial charge in [-0.3, -0.25) is 4.79 Å². The van der Waals surface area contributed by atoms with Crippen LogP contribution < -0.4 is 5.32 Å². The quantitative estimate of drug-likeness (QED) is 0.746. The van der Waals surface area contributed by atoms with Crippen LogP contribution in [0.15, 0.2) is 66.9 Å². The van der Waals surface area contributed by atoms with Crippen LogP contribution in [0.4, 0.5) is 0 Å². The molecule has 1 N–H and O–H groups in total. The zero-order chi connectivity index (χ0) is 16.8. The summed E-state index contributed by atoms with van der Waals surface area (Å²) in [7, 11) is 0. The minimum absolute atomic E-state index is 0.262. The molecule has 0 unspecified atom stereocenters. The number of carbonyl (C=O) groups is 1. The second kappa shape index (κ2) is 7.49. The predicted molar refractivity (Wildman–Crippen MR) is 94.2 cm³/mol. The van der Waals surface area contributed by atoms with Crippen LogP contribution >= 0.6 is 11.6 Å². The molecule has 24 heavy (non-hydrogen) atoms. The van der Waals surface area contributed by atoms with E-state index in [4.69, 9.17) is 11.6 Å². The van der Waals surface area contributed by atoms with E-state index in [2.05, 4.69) is 22.3 Å². The third kappa shape index (κ3) is 4.03. The number of amides is 1. The molecule has 0 saturated heterocycles. The molecule has 0 radical (unpaired) electrons. The van der Waals surface area contributed by atoms with Gasteiger partial charge in [-0.15, -0.1) is 0 Å². The van der Waals surface area contributed by atoms with E-state index < -0.39 is 0 Å². The van der Waals surface area contributed by atoms with Crippen molar-refractivity contribution >= 4 is 17.5 Å². The monoisotopic (exact) mass is 335 g/mol. The summed E-state index contributed by atoms with van der Waals surface area (Å²) >= 11 is 5.96. The van der Waals surface area contributed by atoms with Gasteiger partial charge in [0, 0.05) is 16.8 Å². The smallest absolute Gasteiger partial charge is 0.272 e. The van der Waals surface area contributed by atoms with Crippen molar-refractivity contribution in [3.05, 3.63) is 83.1 Å². The van der Waals surface area contributed by atoms with Crippen molar-refractivity contribution in [3.8, 4) is 17.5 Å². The molecule has 1 aromatic heterocycles. The molecule has 118 valence electrons. The summed E-state index contributed by atoms with van der Waals surface area (Å²) in [5.74, 6) is 5.63. The highest BCUT2D eigenvalue weighted by molar-refractivity contribution is 6.30. The van der Waals surface area contributed by atoms with Crippen LogP contribution in [0.1, 0.15) is 16.1 Å². The highest BCUT2D eigenvalue weighted by atomic mass is 35.5. The molecule has 5 heteroatoms. The first-order valence-corrected chi connectivity index (χ1v) is 7.74. The Bertz CT molecular complexity index is 907. The number of aromatic nitrogens is 2. The van der Waals surface area contributed by atoms with Gasteiger partial charge in [0.2, 0.25) is 0 Å². The van der Waals surface area contributed by atoms with Gasteiger partial charge in [0.05, 0.1) is 12.2 Å². The van der Waals surface area contributed by atoms with Crippen LogP contribution in [-0.4, -0.2) is 22.2 Å². The fourth-order valence-electron chi connectivity index (χ4n) is 2.09. The van der Waals surface area contributed by atoms with Crippen LogP contribution in [0.2, 0.25) is 5.02 Å². The lowest BCUT2D eigenvalue weighted by Crippen LogP contribution is -2.24. The number of carbonyl (C=O) groups excluding carboxylic acids is 1. The molecule has 0 spiro atoms. The van der Waals surface area contributed by atoms with Crippen molar-refractivity contribution in [3.63, 3.8) is 0 Å². The number of benzene rings is 2. The zero-order valence-corrected chi connectivity index (χ0v) is 13.5. The van der Waals surface area contributed by atoms with E-state index in [0.29, 0.717) is 10.7 Å². The van der Waals surface area contributed by atoms with E-state index >= 15 is 0 Å². The topological polar surface area (TPSA) is 46.9 Å². The molecule has 0 bridgehead atoms. The SMILES string of the molecule is O=C(NCC#Cc1ccccc1)c1ccn(-c2cccc(Cl)c2)n1. The lowest BCUT2D eigenvalue weighted by molar-refractivity contribution is 0.0953. The van der Waals surface area contributed by atoms with E-state index in [1.807, 2.05) is 42.5 Å². The summed E-state index contributed by atoms with van der Waals surface area (Å²) in [6.07, 6.45) is 1.72. The molecular formula is C19H14ClN3O. The van der Waals surface area contributed by atoms with Crippen LogP contribution in [0.3, 0.4) is 0 Å². The summed E-state index contributed by atoms with van der Waals surface area (Å²) in [5, 5.41) is 7.60. The molecule has 1 amide bonds.